The molecule has 0 fully saturated rings. The molecule has 1 amide bonds. The monoisotopic (exact) mass is 291 g/mol. The predicted octanol–water partition coefficient (Wildman–Crippen LogP) is 0.475. The fourth-order valence-corrected chi connectivity index (χ4v) is 3.69. The van der Waals surface area contributed by atoms with Crippen molar-refractivity contribution in [3.8, 4) is 0 Å². The van der Waals surface area contributed by atoms with Crippen molar-refractivity contribution in [2.24, 2.45) is 0 Å². The zero-order chi connectivity index (χ0) is 13.9. The molecule has 102 valence electrons. The smallest absolute Gasteiger partial charge is 0.252 e. The summed E-state index contributed by atoms with van der Waals surface area (Å²) in [6, 6.07) is 1.36. The van der Waals surface area contributed by atoms with E-state index >= 15 is 0 Å². The highest BCUT2D eigenvalue weighted by Gasteiger charge is 2.24. The molecule has 1 rings (SSSR count). The molecule has 0 saturated carbocycles. The first-order chi connectivity index (χ1) is 8.23. The number of hydrogen-bond donors (Lipinski definition) is 2. The number of carbonyl (C=O) groups excluding carboxylic acids is 1. The van der Waals surface area contributed by atoms with Crippen molar-refractivity contribution in [1.29, 1.82) is 0 Å². The minimum Gasteiger partial charge on any atom is -0.398 e. The van der Waals surface area contributed by atoms with E-state index in [1.165, 1.54) is 13.1 Å². The standard InChI is InChI=1S/C10H17N3O3S2/c1-7(2)12-9(14)5-13(3)18(15,16)10-4-8(11)6-17-10/h4,6-7H,5,11H2,1-3H3,(H,12,14). The maximum atomic E-state index is 12.1. The van der Waals surface area contributed by atoms with Crippen molar-refractivity contribution >= 4 is 33.0 Å². The highest BCUT2D eigenvalue weighted by molar-refractivity contribution is 7.91. The molecule has 0 atom stereocenters. The van der Waals surface area contributed by atoms with Gasteiger partial charge in [-0.05, 0) is 19.9 Å². The number of thiophene rings is 1. The Morgan fingerprint density at radius 3 is 2.61 bits per heavy atom. The van der Waals surface area contributed by atoms with E-state index in [9.17, 15) is 13.2 Å². The number of rotatable bonds is 5. The number of carbonyl (C=O) groups is 1. The van der Waals surface area contributed by atoms with Gasteiger partial charge < -0.3 is 11.1 Å². The SMILES string of the molecule is CC(C)NC(=O)CN(C)S(=O)(=O)c1cc(N)cs1. The lowest BCUT2D eigenvalue weighted by molar-refractivity contribution is -0.121. The van der Waals surface area contributed by atoms with Crippen LogP contribution in [0.25, 0.3) is 0 Å². The lowest BCUT2D eigenvalue weighted by Crippen LogP contribution is -2.40. The number of nitrogen functional groups attached to an aromatic ring is 1. The normalized spacial score (nSPS) is 12.1. The second-order valence-corrected chi connectivity index (χ2v) is 7.37. The second-order valence-electron chi connectivity index (χ2n) is 4.18. The van der Waals surface area contributed by atoms with Gasteiger partial charge in [0.2, 0.25) is 5.91 Å². The van der Waals surface area contributed by atoms with Crippen LogP contribution >= 0.6 is 11.3 Å². The van der Waals surface area contributed by atoms with Gasteiger partial charge in [-0.25, -0.2) is 8.42 Å². The van der Waals surface area contributed by atoms with E-state index in [2.05, 4.69) is 5.32 Å². The summed E-state index contributed by atoms with van der Waals surface area (Å²) in [6.07, 6.45) is 0. The summed E-state index contributed by atoms with van der Waals surface area (Å²) < 4.78 is 25.3. The Labute approximate surface area is 111 Å². The Hall–Kier alpha value is -1.12. The molecule has 1 aromatic heterocycles. The van der Waals surface area contributed by atoms with Crippen molar-refractivity contribution < 1.29 is 13.2 Å². The van der Waals surface area contributed by atoms with Gasteiger partial charge in [-0.2, -0.15) is 4.31 Å². The lowest BCUT2D eigenvalue weighted by Gasteiger charge is -2.16. The molecule has 0 saturated heterocycles. The van der Waals surface area contributed by atoms with Gasteiger partial charge in [-0.15, -0.1) is 11.3 Å². The van der Waals surface area contributed by atoms with Gasteiger partial charge in [0.25, 0.3) is 10.0 Å². The van der Waals surface area contributed by atoms with E-state index in [0.29, 0.717) is 5.69 Å². The third-order valence-corrected chi connectivity index (χ3v) is 5.31. The number of nitrogens with zero attached hydrogens (tertiary/aromatic N) is 1. The fourth-order valence-electron chi connectivity index (χ4n) is 1.27. The minimum atomic E-state index is -3.64. The summed E-state index contributed by atoms with van der Waals surface area (Å²) in [5.74, 6) is -0.333. The molecule has 0 aromatic carbocycles. The minimum absolute atomic E-state index is 0.0222. The average Bonchev–Trinajstić information content (AvgIpc) is 2.63. The molecule has 0 unspecified atom stereocenters. The van der Waals surface area contributed by atoms with Gasteiger partial charge in [0.05, 0.1) is 6.54 Å². The van der Waals surface area contributed by atoms with Crippen LogP contribution < -0.4 is 11.1 Å². The molecule has 1 heterocycles. The fraction of sp³-hybridized carbons (Fsp3) is 0.500. The van der Waals surface area contributed by atoms with Gasteiger partial charge in [-0.1, -0.05) is 0 Å². The van der Waals surface area contributed by atoms with Crippen LogP contribution in [0, 0.1) is 0 Å². The molecule has 3 N–H and O–H groups in total. The Morgan fingerprint density at radius 2 is 2.17 bits per heavy atom. The summed E-state index contributed by atoms with van der Waals surface area (Å²) in [6.45, 7) is 3.41. The summed E-state index contributed by atoms with van der Waals surface area (Å²) in [5, 5.41) is 4.19. The van der Waals surface area contributed by atoms with Crippen molar-refractivity contribution in [1.82, 2.24) is 9.62 Å². The number of nitrogens with one attached hydrogen (secondary N) is 1. The lowest BCUT2D eigenvalue weighted by atomic mass is 10.4. The van der Waals surface area contributed by atoms with Crippen LogP contribution in [-0.2, 0) is 14.8 Å². The zero-order valence-corrected chi connectivity index (χ0v) is 12.1. The third-order valence-electron chi connectivity index (χ3n) is 2.08. The van der Waals surface area contributed by atoms with Crippen LogP contribution in [0.4, 0.5) is 5.69 Å². The van der Waals surface area contributed by atoms with Crippen LogP contribution in [0.2, 0.25) is 0 Å². The number of nitrogens with two attached hydrogens (primary N) is 1. The number of likely N-dealkylation sites (N-methyl/N-ethyl adjacent to an activating group) is 1. The van der Waals surface area contributed by atoms with E-state index in [1.807, 2.05) is 13.8 Å². The van der Waals surface area contributed by atoms with E-state index in [4.69, 9.17) is 5.73 Å². The number of hydrogen-bond acceptors (Lipinski definition) is 5. The van der Waals surface area contributed by atoms with Crippen molar-refractivity contribution in [2.75, 3.05) is 19.3 Å². The Bertz CT molecular complexity index is 522. The summed E-state index contributed by atoms with van der Waals surface area (Å²) >= 11 is 1.04. The molecule has 0 aliphatic carbocycles. The maximum Gasteiger partial charge on any atom is 0.252 e. The molecule has 0 aliphatic heterocycles. The van der Waals surface area contributed by atoms with Crippen LogP contribution in [0.5, 0.6) is 0 Å². The van der Waals surface area contributed by atoms with Gasteiger partial charge in [0.15, 0.2) is 0 Å². The topological polar surface area (TPSA) is 92.5 Å². The highest BCUT2D eigenvalue weighted by Crippen LogP contribution is 2.24. The van der Waals surface area contributed by atoms with E-state index < -0.39 is 10.0 Å². The number of anilines is 1. The largest absolute Gasteiger partial charge is 0.398 e. The number of amides is 1. The van der Waals surface area contributed by atoms with Gasteiger partial charge in [-0.3, -0.25) is 4.79 Å². The van der Waals surface area contributed by atoms with E-state index in [-0.39, 0.29) is 22.7 Å². The van der Waals surface area contributed by atoms with Crippen LogP contribution in [0.3, 0.4) is 0 Å². The maximum absolute atomic E-state index is 12.1. The first kappa shape index (κ1) is 14.9. The molecule has 1 aromatic rings. The summed E-state index contributed by atoms with van der Waals surface area (Å²) in [5.41, 5.74) is 5.89. The van der Waals surface area contributed by atoms with Gasteiger partial charge >= 0.3 is 0 Å². The van der Waals surface area contributed by atoms with Crippen molar-refractivity contribution in [3.05, 3.63) is 11.4 Å². The molecule has 0 spiro atoms. The molecule has 6 nitrogen and oxygen atoms in total. The number of sulfonamides is 1. The molecular formula is C10H17N3O3S2. The molecule has 0 radical (unpaired) electrons. The van der Waals surface area contributed by atoms with E-state index in [0.717, 1.165) is 15.6 Å². The van der Waals surface area contributed by atoms with Crippen molar-refractivity contribution in [2.45, 2.75) is 24.1 Å². The molecule has 0 bridgehead atoms. The van der Waals surface area contributed by atoms with Crippen LogP contribution in [0.15, 0.2) is 15.7 Å². The molecular weight excluding hydrogens is 274 g/mol. The third kappa shape index (κ3) is 3.69. The van der Waals surface area contributed by atoms with Crippen LogP contribution in [0.1, 0.15) is 13.8 Å². The first-order valence-corrected chi connectivity index (χ1v) is 7.65. The second kappa shape index (κ2) is 5.68. The zero-order valence-electron chi connectivity index (χ0n) is 10.5. The average molecular weight is 291 g/mol. The van der Waals surface area contributed by atoms with Gasteiger partial charge in [0, 0.05) is 24.2 Å². The first-order valence-electron chi connectivity index (χ1n) is 5.33. The quantitative estimate of drug-likeness (QED) is 0.825. The Kier molecular flexibility index (Phi) is 4.71. The Morgan fingerprint density at radius 1 is 1.56 bits per heavy atom. The highest BCUT2D eigenvalue weighted by atomic mass is 32.2. The summed E-state index contributed by atoms with van der Waals surface area (Å²) in [7, 11) is -2.27. The van der Waals surface area contributed by atoms with Crippen molar-refractivity contribution in [3.63, 3.8) is 0 Å². The molecule has 18 heavy (non-hydrogen) atoms. The predicted molar refractivity (Wildman–Crippen MR) is 71.8 cm³/mol. The summed E-state index contributed by atoms with van der Waals surface area (Å²) in [4.78, 5) is 11.5. The molecule has 0 aliphatic rings. The van der Waals surface area contributed by atoms with Gasteiger partial charge in [0.1, 0.15) is 4.21 Å². The van der Waals surface area contributed by atoms with Crippen LogP contribution in [-0.4, -0.2) is 38.3 Å². The Balaban J connectivity index is 2.77. The van der Waals surface area contributed by atoms with E-state index in [1.54, 1.807) is 5.38 Å². The molecule has 8 heteroatoms.